The number of nitriles is 2. The third-order valence-electron chi connectivity index (χ3n) is 4.30. The number of hydrogen-bond donors (Lipinski definition) is 3. The Bertz CT molecular complexity index is 620. The van der Waals surface area contributed by atoms with Crippen molar-refractivity contribution >= 4 is 0 Å². The van der Waals surface area contributed by atoms with Crippen LogP contribution < -0.4 is 10.6 Å². The summed E-state index contributed by atoms with van der Waals surface area (Å²) in [5.74, 6) is 0.486. The molecule has 1 aliphatic heterocycles. The Hall–Kier alpha value is -2.54. The maximum Gasteiger partial charge on any atom is 0.169 e. The molecule has 0 bridgehead atoms. The molecule has 0 aliphatic carbocycles. The molecule has 3 N–H and O–H groups in total. The molecule has 1 heterocycles. The molecule has 132 valence electrons. The van der Waals surface area contributed by atoms with Crippen molar-refractivity contribution in [3.05, 3.63) is 47.3 Å². The van der Waals surface area contributed by atoms with Crippen LogP contribution in [0.25, 0.3) is 0 Å². The number of benzene rings is 1. The fraction of sp³-hybridized carbons (Fsp3) is 0.474. The molecule has 6 heteroatoms. The third-order valence-corrected chi connectivity index (χ3v) is 4.30. The zero-order valence-corrected chi connectivity index (χ0v) is 14.4. The zero-order chi connectivity index (χ0) is 17.9. The van der Waals surface area contributed by atoms with Gasteiger partial charge < -0.3 is 15.7 Å². The van der Waals surface area contributed by atoms with Crippen LogP contribution in [-0.4, -0.2) is 42.3 Å². The lowest BCUT2D eigenvalue weighted by molar-refractivity contribution is 0.194. The summed E-state index contributed by atoms with van der Waals surface area (Å²) in [5.41, 5.74) is 1.38. The van der Waals surface area contributed by atoms with Gasteiger partial charge in [0.2, 0.25) is 0 Å². The summed E-state index contributed by atoms with van der Waals surface area (Å²) in [7, 11) is 0. The molecule has 0 amide bonds. The highest BCUT2D eigenvalue weighted by Gasteiger charge is 2.20. The SMILES string of the molecule is N#CC(C#N)=C(NCCCO)NC1CCN(Cc2ccccc2)CC1. The van der Waals surface area contributed by atoms with E-state index in [9.17, 15) is 0 Å². The standard InChI is InChI=1S/C19H25N5O/c20-13-17(14-21)19(22-9-4-12-25)23-18-7-10-24(11-8-18)15-16-5-2-1-3-6-16/h1-3,5-6,18,22-23,25H,4,7-12,15H2. The molecule has 6 nitrogen and oxygen atoms in total. The van der Waals surface area contributed by atoms with Crippen molar-refractivity contribution in [1.29, 1.82) is 10.5 Å². The number of nitrogens with zero attached hydrogens (tertiary/aromatic N) is 3. The first kappa shape index (κ1) is 18.8. The zero-order valence-electron chi connectivity index (χ0n) is 14.4. The predicted molar refractivity (Wildman–Crippen MR) is 95.8 cm³/mol. The van der Waals surface area contributed by atoms with Gasteiger partial charge in [0, 0.05) is 38.8 Å². The number of allylic oxidation sites excluding steroid dienone is 1. The van der Waals surface area contributed by atoms with Crippen LogP contribution in [0.4, 0.5) is 0 Å². The summed E-state index contributed by atoms with van der Waals surface area (Å²) in [5, 5.41) is 33.5. The van der Waals surface area contributed by atoms with Crippen LogP contribution in [0.5, 0.6) is 0 Å². The van der Waals surface area contributed by atoms with Gasteiger partial charge >= 0.3 is 0 Å². The van der Waals surface area contributed by atoms with E-state index in [2.05, 4.69) is 39.8 Å². The summed E-state index contributed by atoms with van der Waals surface area (Å²) in [6.07, 6.45) is 2.50. The highest BCUT2D eigenvalue weighted by Crippen LogP contribution is 2.15. The molecule has 0 aromatic heterocycles. The van der Waals surface area contributed by atoms with Crippen LogP contribution in [0.2, 0.25) is 0 Å². The fourth-order valence-corrected chi connectivity index (χ4v) is 2.92. The van der Waals surface area contributed by atoms with Crippen molar-refractivity contribution in [1.82, 2.24) is 15.5 Å². The Kier molecular flexibility index (Phi) is 7.78. The van der Waals surface area contributed by atoms with Crippen LogP contribution in [0.15, 0.2) is 41.7 Å². The quantitative estimate of drug-likeness (QED) is 0.490. The van der Waals surface area contributed by atoms with Crippen LogP contribution >= 0.6 is 0 Å². The third kappa shape index (κ3) is 6.11. The Balaban J connectivity index is 1.87. The van der Waals surface area contributed by atoms with Gasteiger partial charge in [-0.2, -0.15) is 10.5 Å². The molecule has 1 aromatic carbocycles. The maximum absolute atomic E-state index is 9.12. The summed E-state index contributed by atoms with van der Waals surface area (Å²) in [6, 6.07) is 14.5. The highest BCUT2D eigenvalue weighted by molar-refractivity contribution is 5.39. The van der Waals surface area contributed by atoms with Crippen molar-refractivity contribution in [3.63, 3.8) is 0 Å². The maximum atomic E-state index is 9.12. The van der Waals surface area contributed by atoms with Gasteiger partial charge in [-0.25, -0.2) is 0 Å². The second-order valence-electron chi connectivity index (χ2n) is 6.16. The van der Waals surface area contributed by atoms with E-state index in [1.165, 1.54) is 5.56 Å². The molecule has 0 radical (unpaired) electrons. The van der Waals surface area contributed by atoms with E-state index < -0.39 is 0 Å². The first-order valence-electron chi connectivity index (χ1n) is 8.69. The molecule has 25 heavy (non-hydrogen) atoms. The number of aliphatic hydroxyl groups is 1. The van der Waals surface area contributed by atoms with Crippen molar-refractivity contribution in [2.24, 2.45) is 0 Å². The van der Waals surface area contributed by atoms with E-state index in [0.29, 0.717) is 18.8 Å². The largest absolute Gasteiger partial charge is 0.396 e. The van der Waals surface area contributed by atoms with Gasteiger partial charge in [0.05, 0.1) is 0 Å². The minimum Gasteiger partial charge on any atom is -0.396 e. The number of likely N-dealkylation sites (tertiary alicyclic amines) is 1. The average Bonchev–Trinajstić information content (AvgIpc) is 2.65. The van der Waals surface area contributed by atoms with Gasteiger partial charge in [-0.3, -0.25) is 4.90 Å². The predicted octanol–water partition coefficient (Wildman–Crippen LogP) is 1.47. The summed E-state index contributed by atoms with van der Waals surface area (Å²) >= 11 is 0. The minimum atomic E-state index is 0.0599. The molecule has 1 fully saturated rings. The number of aliphatic hydroxyl groups excluding tert-OH is 1. The van der Waals surface area contributed by atoms with Gasteiger partial charge in [0.1, 0.15) is 18.0 Å². The number of rotatable bonds is 8. The van der Waals surface area contributed by atoms with E-state index in [1.807, 2.05) is 18.2 Å². The fourth-order valence-electron chi connectivity index (χ4n) is 2.92. The monoisotopic (exact) mass is 339 g/mol. The Morgan fingerprint density at radius 1 is 1.16 bits per heavy atom. The van der Waals surface area contributed by atoms with Crippen LogP contribution in [0.1, 0.15) is 24.8 Å². The lowest BCUT2D eigenvalue weighted by Crippen LogP contribution is -2.44. The average molecular weight is 339 g/mol. The molecule has 1 aromatic rings. The molecule has 1 aliphatic rings. The second-order valence-corrected chi connectivity index (χ2v) is 6.16. The molecule has 0 unspecified atom stereocenters. The lowest BCUT2D eigenvalue weighted by atomic mass is 10.0. The van der Waals surface area contributed by atoms with E-state index in [0.717, 1.165) is 32.5 Å². The smallest absolute Gasteiger partial charge is 0.169 e. The van der Waals surface area contributed by atoms with E-state index in [4.69, 9.17) is 15.6 Å². The molecular formula is C19H25N5O. The Morgan fingerprint density at radius 3 is 2.44 bits per heavy atom. The highest BCUT2D eigenvalue weighted by atomic mass is 16.3. The van der Waals surface area contributed by atoms with E-state index in [-0.39, 0.29) is 18.2 Å². The topological polar surface area (TPSA) is 95.1 Å². The number of piperidine rings is 1. The van der Waals surface area contributed by atoms with Crippen LogP contribution in [0, 0.1) is 22.7 Å². The van der Waals surface area contributed by atoms with Gasteiger partial charge in [-0.1, -0.05) is 30.3 Å². The summed E-state index contributed by atoms with van der Waals surface area (Å²) in [6.45, 7) is 3.51. The lowest BCUT2D eigenvalue weighted by Gasteiger charge is -2.33. The number of nitrogens with one attached hydrogen (secondary N) is 2. The number of hydrogen-bond acceptors (Lipinski definition) is 6. The normalized spacial score (nSPS) is 15.0. The summed E-state index contributed by atoms with van der Waals surface area (Å²) < 4.78 is 0. The minimum absolute atomic E-state index is 0.0599. The first-order chi connectivity index (χ1) is 12.3. The van der Waals surface area contributed by atoms with Crippen molar-refractivity contribution in [2.45, 2.75) is 31.8 Å². The van der Waals surface area contributed by atoms with Crippen molar-refractivity contribution in [2.75, 3.05) is 26.2 Å². The van der Waals surface area contributed by atoms with Gasteiger partial charge in [-0.05, 0) is 24.8 Å². The second kappa shape index (κ2) is 10.4. The van der Waals surface area contributed by atoms with E-state index >= 15 is 0 Å². The van der Waals surface area contributed by atoms with Crippen LogP contribution in [-0.2, 0) is 6.54 Å². The molecule has 0 atom stereocenters. The Labute approximate surface area is 149 Å². The van der Waals surface area contributed by atoms with Crippen molar-refractivity contribution in [3.8, 4) is 12.1 Å². The molecule has 2 rings (SSSR count). The molecular weight excluding hydrogens is 314 g/mol. The molecule has 0 saturated carbocycles. The van der Waals surface area contributed by atoms with Crippen LogP contribution in [0.3, 0.4) is 0 Å². The van der Waals surface area contributed by atoms with Gasteiger partial charge in [0.25, 0.3) is 0 Å². The Morgan fingerprint density at radius 2 is 1.84 bits per heavy atom. The van der Waals surface area contributed by atoms with E-state index in [1.54, 1.807) is 0 Å². The van der Waals surface area contributed by atoms with Gasteiger partial charge in [-0.15, -0.1) is 0 Å². The van der Waals surface area contributed by atoms with Crippen molar-refractivity contribution < 1.29 is 5.11 Å². The first-order valence-corrected chi connectivity index (χ1v) is 8.69. The molecule has 0 spiro atoms. The molecule has 1 saturated heterocycles. The van der Waals surface area contributed by atoms with Gasteiger partial charge in [0.15, 0.2) is 5.57 Å². The summed E-state index contributed by atoms with van der Waals surface area (Å²) in [4.78, 5) is 2.42.